The molecule has 1 radical (unpaired) electrons. The second-order valence-electron chi connectivity index (χ2n) is 10.3. The van der Waals surface area contributed by atoms with Crippen molar-refractivity contribution in [2.45, 2.75) is 30.4 Å². The van der Waals surface area contributed by atoms with Gasteiger partial charge in [0.1, 0.15) is 17.5 Å². The molecule has 3 atom stereocenters. The number of rotatable bonds is 12. The van der Waals surface area contributed by atoms with Crippen LogP contribution in [0.25, 0.3) is 0 Å². The van der Waals surface area contributed by atoms with E-state index >= 15 is 0 Å². The summed E-state index contributed by atoms with van der Waals surface area (Å²) in [5, 5.41) is 25.8. The number of aliphatic carboxylic acids is 1. The summed E-state index contributed by atoms with van der Waals surface area (Å²) < 4.78 is 32.6. The third kappa shape index (κ3) is 8.09. The molecule has 1 aromatic carbocycles. The molecule has 19 heteroatoms. The molecule has 2 aromatic heterocycles. The van der Waals surface area contributed by atoms with Gasteiger partial charge in [0.15, 0.2) is 30.3 Å². The number of H-pyrrole nitrogens is 1. The second-order valence-corrected chi connectivity index (χ2v) is 13.0. The maximum absolute atomic E-state index is 13.5. The molecule has 5 N–H and O–H groups in total. The zero-order valence-corrected chi connectivity index (χ0v) is 28.3. The summed E-state index contributed by atoms with van der Waals surface area (Å²) in [4.78, 5) is 70.5. The van der Waals surface area contributed by atoms with Crippen LogP contribution in [-0.2, 0) is 37.5 Å². The van der Waals surface area contributed by atoms with Gasteiger partial charge in [-0.25, -0.2) is 14.3 Å². The fourth-order valence-corrected chi connectivity index (χ4v) is 6.86. The number of thioether (sulfide) groups is 1. The Labute approximate surface area is 293 Å². The van der Waals surface area contributed by atoms with Gasteiger partial charge in [0.25, 0.3) is 21.9 Å². The van der Waals surface area contributed by atoms with E-state index in [1.165, 1.54) is 11.8 Å². The number of fused-ring (bicyclic) bond motifs is 1. The SMILES string of the molecule is O=C([O-])C1=C(C[n+]2ccc(CCS(=O)(=O)O)cc2)CS[C@@H]2[C@H](NC(=O)[C@H](NC(=O)c3nc[nH]c3C(=O)O)c3ccccc3)C(=O)N12.[Na]. The standard InChI is InChI=1S/C28H26N6O10S2.Na/c35-23(18(16-4-2-1-3-5-16)31-24(36)19-20(27(38)39)30-14-29-19)32-21-25(37)34-22(28(40)41)17(13-45-26(21)34)12-33-9-6-15(7-10-33)8-11-46(42,43)44;/h1-7,9-10,14,18,21,26H,8,11-13H2,(H5-,29,30,31,32,35,36,38,39,40,41,42,43,44);/t18-,21-,26-;/m1./s1. The molecule has 1 saturated heterocycles. The smallest absolute Gasteiger partial charge is 0.354 e. The van der Waals surface area contributed by atoms with Crippen LogP contribution in [0.2, 0.25) is 0 Å². The molecule has 2 aliphatic heterocycles. The Kier molecular flexibility index (Phi) is 11.3. The summed E-state index contributed by atoms with van der Waals surface area (Å²) in [6.07, 6.45) is 4.32. The van der Waals surface area contributed by atoms with Gasteiger partial charge in [-0.1, -0.05) is 30.3 Å². The van der Waals surface area contributed by atoms with Crippen molar-refractivity contribution in [3.63, 3.8) is 0 Å². The number of carboxylic acid groups (broad SMARTS) is 2. The fourth-order valence-electron chi connectivity index (χ4n) is 5.03. The van der Waals surface area contributed by atoms with Crippen molar-refractivity contribution in [1.29, 1.82) is 0 Å². The number of carboxylic acids is 2. The maximum Gasteiger partial charge on any atom is 0.354 e. The first-order chi connectivity index (χ1) is 21.8. The van der Waals surface area contributed by atoms with Crippen LogP contribution in [0, 0.1) is 0 Å². The molecule has 16 nitrogen and oxygen atoms in total. The molecule has 0 unspecified atom stereocenters. The van der Waals surface area contributed by atoms with Gasteiger partial charge < -0.3 is 30.6 Å². The van der Waals surface area contributed by atoms with E-state index in [0.717, 1.165) is 11.2 Å². The number of aromatic nitrogens is 3. The molecule has 241 valence electrons. The van der Waals surface area contributed by atoms with E-state index in [-0.39, 0.29) is 54.0 Å². The molecule has 3 amide bonds. The van der Waals surface area contributed by atoms with Gasteiger partial charge >= 0.3 is 5.97 Å². The third-order valence-electron chi connectivity index (χ3n) is 7.26. The average molecular weight is 694 g/mol. The summed E-state index contributed by atoms with van der Waals surface area (Å²) in [5.41, 5.74) is 0.0924. The molecule has 0 bridgehead atoms. The summed E-state index contributed by atoms with van der Waals surface area (Å²) in [6.45, 7) is 0.0794. The number of nitrogens with one attached hydrogen (secondary N) is 3. The van der Waals surface area contributed by atoms with Crippen LogP contribution >= 0.6 is 11.8 Å². The number of nitrogens with zero attached hydrogens (tertiary/aromatic N) is 3. The Morgan fingerprint density at radius 1 is 1.15 bits per heavy atom. The number of β-lactam (4-membered cyclic amide) rings is 1. The van der Waals surface area contributed by atoms with Crippen LogP contribution in [0.5, 0.6) is 0 Å². The van der Waals surface area contributed by atoms with Gasteiger partial charge in [-0.05, 0) is 17.5 Å². The van der Waals surface area contributed by atoms with Crippen molar-refractivity contribution in [1.82, 2.24) is 25.5 Å². The monoisotopic (exact) mass is 693 g/mol. The van der Waals surface area contributed by atoms with Crippen LogP contribution in [-0.4, -0.2) is 115 Å². The second kappa shape index (κ2) is 14.8. The third-order valence-corrected chi connectivity index (χ3v) is 9.32. The van der Waals surface area contributed by atoms with Crippen molar-refractivity contribution in [3.8, 4) is 0 Å². The number of aryl methyl sites for hydroxylation is 1. The summed E-state index contributed by atoms with van der Waals surface area (Å²) in [5.74, 6) is -5.72. The largest absolute Gasteiger partial charge is 0.543 e. The minimum absolute atomic E-state index is 0. The normalized spacial score (nSPS) is 17.9. The topological polar surface area (TPSA) is 243 Å². The number of hydrogen-bond acceptors (Lipinski definition) is 10. The quantitative estimate of drug-likeness (QED) is 0.0600. The molecule has 1 fully saturated rings. The Bertz CT molecular complexity index is 1850. The van der Waals surface area contributed by atoms with E-state index in [1.807, 2.05) is 0 Å². The van der Waals surface area contributed by atoms with Gasteiger partial charge in [-0.3, -0.25) is 23.8 Å². The molecule has 2 aliphatic rings. The zero-order valence-electron chi connectivity index (χ0n) is 24.7. The van der Waals surface area contributed by atoms with Crippen LogP contribution in [0.3, 0.4) is 0 Å². The summed E-state index contributed by atoms with van der Waals surface area (Å²) >= 11 is 1.22. The van der Waals surface area contributed by atoms with Gasteiger partial charge in [-0.15, -0.1) is 11.8 Å². The Morgan fingerprint density at radius 3 is 2.45 bits per heavy atom. The Morgan fingerprint density at radius 2 is 1.83 bits per heavy atom. The molecule has 4 heterocycles. The van der Waals surface area contributed by atoms with Crippen LogP contribution in [0.4, 0.5) is 0 Å². The summed E-state index contributed by atoms with van der Waals surface area (Å²) in [7, 11) is -4.13. The number of aromatic carboxylic acids is 1. The van der Waals surface area contributed by atoms with Crippen molar-refractivity contribution < 1.29 is 51.7 Å². The van der Waals surface area contributed by atoms with Gasteiger partial charge in [0, 0.05) is 53.0 Å². The first kappa shape index (κ1) is 35.8. The molecule has 0 saturated carbocycles. The van der Waals surface area contributed by atoms with Crippen LogP contribution in [0.15, 0.2) is 72.5 Å². The molecule has 47 heavy (non-hydrogen) atoms. The van der Waals surface area contributed by atoms with Crippen molar-refractivity contribution in [3.05, 3.63) is 95.0 Å². The predicted molar refractivity (Wildman–Crippen MR) is 162 cm³/mol. The summed E-state index contributed by atoms with van der Waals surface area (Å²) in [6, 6.07) is 8.80. The number of pyridine rings is 1. The van der Waals surface area contributed by atoms with E-state index in [4.69, 9.17) is 4.55 Å². The number of carbonyl (C=O) groups excluding carboxylic acids is 4. The molecular formula is C28H26N6NaO10S2. The number of aromatic amines is 1. The van der Waals surface area contributed by atoms with Crippen molar-refractivity contribution in [2.75, 3.05) is 11.5 Å². The van der Waals surface area contributed by atoms with E-state index in [1.54, 1.807) is 59.4 Å². The Hall–Kier alpha value is -4.07. The average Bonchev–Trinajstić information content (AvgIpc) is 3.52. The van der Waals surface area contributed by atoms with Crippen LogP contribution in [0.1, 0.15) is 38.1 Å². The van der Waals surface area contributed by atoms with E-state index in [0.29, 0.717) is 16.7 Å². The Balaban J connectivity index is 0.00000500. The van der Waals surface area contributed by atoms with Crippen molar-refractivity contribution >= 4 is 81.1 Å². The number of hydrogen-bond donors (Lipinski definition) is 5. The minimum atomic E-state index is -4.13. The molecular weight excluding hydrogens is 667 g/mol. The number of benzene rings is 1. The number of carbonyl (C=O) groups is 5. The number of amides is 3. The minimum Gasteiger partial charge on any atom is -0.543 e. The van der Waals surface area contributed by atoms with Gasteiger partial charge in [0.05, 0.1) is 23.7 Å². The predicted octanol–water partition coefficient (Wildman–Crippen LogP) is -1.98. The molecule has 0 aliphatic carbocycles. The molecule has 5 rings (SSSR count). The van der Waals surface area contributed by atoms with Crippen molar-refractivity contribution in [2.24, 2.45) is 0 Å². The first-order valence-corrected chi connectivity index (χ1v) is 16.2. The van der Waals surface area contributed by atoms with E-state index < -0.39 is 74.4 Å². The van der Waals surface area contributed by atoms with E-state index in [2.05, 4.69) is 20.6 Å². The zero-order chi connectivity index (χ0) is 33.2. The maximum atomic E-state index is 13.5. The van der Waals surface area contributed by atoms with Crippen LogP contribution < -0.4 is 20.3 Å². The van der Waals surface area contributed by atoms with E-state index in [9.17, 15) is 42.6 Å². The first-order valence-electron chi connectivity index (χ1n) is 13.6. The fraction of sp³-hybridized carbons (Fsp3) is 0.250. The molecule has 3 aromatic rings. The molecule has 0 spiro atoms. The van der Waals surface area contributed by atoms with Gasteiger partial charge in [-0.2, -0.15) is 8.42 Å². The number of imidazole rings is 1. The van der Waals surface area contributed by atoms with Gasteiger partial charge in [0.2, 0.25) is 5.91 Å².